The molecule has 1 aromatic rings. The van der Waals surface area contributed by atoms with Gasteiger partial charge < -0.3 is 9.61 Å². The molecule has 0 saturated heterocycles. The zero-order chi connectivity index (χ0) is 15.1. The highest BCUT2D eigenvalue weighted by atomic mass is 32.1. The Morgan fingerprint density at radius 3 is 3.19 bits per heavy atom. The number of carbonyl (C=O) groups excluding carboxylic acids is 1. The molecule has 0 amide bonds. The molecule has 1 radical (unpaired) electrons. The van der Waals surface area contributed by atoms with Gasteiger partial charge in [0, 0.05) is 29.7 Å². The second-order valence-electron chi connectivity index (χ2n) is 4.69. The molecule has 0 aliphatic carbocycles. The van der Waals surface area contributed by atoms with Gasteiger partial charge in [0.05, 0.1) is 18.8 Å². The Morgan fingerprint density at radius 2 is 2.57 bits per heavy atom. The molecule has 7 heteroatoms. The summed E-state index contributed by atoms with van der Waals surface area (Å²) in [5.41, 5.74) is 4.13. The van der Waals surface area contributed by atoms with Crippen LogP contribution in [0, 0.1) is 0 Å². The van der Waals surface area contributed by atoms with Crippen LogP contribution >= 0.6 is 11.3 Å². The van der Waals surface area contributed by atoms with Crippen LogP contribution in [0.4, 0.5) is 0 Å². The molecule has 2 atom stereocenters. The molecule has 111 valence electrons. The molecule has 0 unspecified atom stereocenters. The maximum absolute atomic E-state index is 10.9. The van der Waals surface area contributed by atoms with Crippen LogP contribution in [0.1, 0.15) is 18.4 Å². The minimum absolute atomic E-state index is 0.00264. The molecule has 1 aliphatic heterocycles. The number of thiazole rings is 1. The third-order valence-corrected chi connectivity index (χ3v) is 4.12. The highest BCUT2D eigenvalue weighted by Gasteiger charge is 2.30. The molecular formula is C14H19BN3O2S. The lowest BCUT2D eigenvalue weighted by Crippen LogP contribution is -2.50. The zero-order valence-corrected chi connectivity index (χ0v) is 12.9. The van der Waals surface area contributed by atoms with E-state index in [0.29, 0.717) is 13.2 Å². The number of nitrogens with one attached hydrogen (secondary N) is 1. The summed E-state index contributed by atoms with van der Waals surface area (Å²) in [5, 5.41) is 2.95. The van der Waals surface area contributed by atoms with Crippen molar-refractivity contribution in [3.8, 4) is 0 Å². The molecule has 1 aliphatic rings. The van der Waals surface area contributed by atoms with Crippen molar-refractivity contribution in [3.05, 3.63) is 35.3 Å². The number of nitrogens with zero attached hydrogens (tertiary/aromatic N) is 2. The van der Waals surface area contributed by atoms with Gasteiger partial charge in [0.15, 0.2) is 0 Å². The van der Waals surface area contributed by atoms with E-state index in [0.717, 1.165) is 23.2 Å². The van der Waals surface area contributed by atoms with Crippen molar-refractivity contribution in [3.63, 3.8) is 0 Å². The van der Waals surface area contributed by atoms with Gasteiger partial charge in [-0.05, 0) is 6.42 Å². The number of rotatable bonds is 8. The van der Waals surface area contributed by atoms with Gasteiger partial charge in [-0.15, -0.1) is 17.9 Å². The van der Waals surface area contributed by atoms with Crippen LogP contribution in [0.5, 0.6) is 0 Å². The minimum Gasteiger partial charge on any atom is -0.332 e. The summed E-state index contributed by atoms with van der Waals surface area (Å²) in [5.74, 6) is 0. The van der Waals surface area contributed by atoms with Gasteiger partial charge in [0.2, 0.25) is 0 Å². The van der Waals surface area contributed by atoms with Crippen LogP contribution < -0.4 is 5.48 Å². The number of carbonyl (C=O) groups is 1. The van der Waals surface area contributed by atoms with Crippen molar-refractivity contribution in [1.82, 2.24) is 15.3 Å². The van der Waals surface area contributed by atoms with Gasteiger partial charge in [-0.3, -0.25) is 4.84 Å². The van der Waals surface area contributed by atoms with Crippen LogP contribution in [0.25, 0.3) is 5.57 Å². The molecule has 0 fully saturated rings. The van der Waals surface area contributed by atoms with Gasteiger partial charge in [-0.2, -0.15) is 5.48 Å². The van der Waals surface area contributed by atoms with Crippen LogP contribution in [-0.2, 0) is 9.63 Å². The lowest BCUT2D eigenvalue weighted by molar-refractivity contribution is 0.0393. The Kier molecular flexibility index (Phi) is 6.32. The number of aromatic nitrogens is 1. The van der Waals surface area contributed by atoms with E-state index in [1.165, 1.54) is 0 Å². The molecular weight excluding hydrogens is 285 g/mol. The molecule has 5 nitrogen and oxygen atoms in total. The maximum atomic E-state index is 10.9. The van der Waals surface area contributed by atoms with Crippen molar-refractivity contribution in [1.29, 1.82) is 0 Å². The Labute approximate surface area is 129 Å². The molecule has 0 saturated carbocycles. The molecule has 1 N–H and O–H groups in total. The SMILES string of the molecule is C=CCON[C@@H]1C=C(c2nccs2)[C@@H](CC)N([B]C=O)C1. The highest BCUT2D eigenvalue weighted by Crippen LogP contribution is 2.29. The monoisotopic (exact) mass is 304 g/mol. The van der Waals surface area contributed by atoms with Gasteiger partial charge in [-0.1, -0.05) is 19.1 Å². The average Bonchev–Trinajstić information content (AvgIpc) is 3.01. The zero-order valence-electron chi connectivity index (χ0n) is 12.1. The van der Waals surface area contributed by atoms with Crippen molar-refractivity contribution in [2.45, 2.75) is 25.4 Å². The summed E-state index contributed by atoms with van der Waals surface area (Å²) < 4.78 is 0. The van der Waals surface area contributed by atoms with Crippen LogP contribution in [0.2, 0.25) is 0 Å². The predicted molar refractivity (Wildman–Crippen MR) is 86.5 cm³/mol. The number of hydroxylamine groups is 1. The quantitative estimate of drug-likeness (QED) is 0.259. The first-order valence-electron chi connectivity index (χ1n) is 6.94. The summed E-state index contributed by atoms with van der Waals surface area (Å²) >= 11 is 1.61. The van der Waals surface area contributed by atoms with E-state index < -0.39 is 0 Å². The molecule has 0 bridgehead atoms. The van der Waals surface area contributed by atoms with Gasteiger partial charge in [-0.25, -0.2) is 4.98 Å². The summed E-state index contributed by atoms with van der Waals surface area (Å²) in [7, 11) is 1.59. The average molecular weight is 304 g/mol. The Balaban J connectivity index is 2.21. The van der Waals surface area contributed by atoms with Crippen molar-refractivity contribution in [2.24, 2.45) is 0 Å². The standard InChI is InChI=1S/C14H19BN3O2S/c1-3-6-20-17-11-8-12(14-16-5-7-21-14)13(4-2)18(9-11)15-10-19/h3,5,7-8,10-11,13,17H,1,4,6,9H2,2H3/t11-,13-/m1/s1. The lowest BCUT2D eigenvalue weighted by atomic mass is 9.84. The van der Waals surface area contributed by atoms with Crippen LogP contribution in [-0.4, -0.2) is 48.6 Å². The lowest BCUT2D eigenvalue weighted by Gasteiger charge is -2.37. The predicted octanol–water partition coefficient (Wildman–Crippen LogP) is 1.51. The first kappa shape index (κ1) is 16.1. The summed E-state index contributed by atoms with van der Waals surface area (Å²) in [4.78, 5) is 22.7. The van der Waals surface area contributed by atoms with Gasteiger partial charge in [0.1, 0.15) is 5.01 Å². The summed E-state index contributed by atoms with van der Waals surface area (Å²) in [6, 6.07) is 0.168. The second kappa shape index (κ2) is 8.24. The van der Waals surface area contributed by atoms with E-state index in [1.807, 2.05) is 10.2 Å². The minimum atomic E-state index is 0.00264. The fourth-order valence-corrected chi connectivity index (χ4v) is 3.19. The third-order valence-electron chi connectivity index (χ3n) is 3.30. The molecule has 0 aromatic carbocycles. The second-order valence-corrected chi connectivity index (χ2v) is 5.58. The molecule has 21 heavy (non-hydrogen) atoms. The molecule has 2 rings (SSSR count). The topological polar surface area (TPSA) is 54.5 Å². The van der Waals surface area contributed by atoms with Crippen molar-refractivity contribution in [2.75, 3.05) is 13.2 Å². The summed E-state index contributed by atoms with van der Waals surface area (Å²) in [6.07, 6.45) is 7.37. The Morgan fingerprint density at radius 1 is 1.71 bits per heavy atom. The van der Waals surface area contributed by atoms with E-state index >= 15 is 0 Å². The van der Waals surface area contributed by atoms with E-state index in [4.69, 9.17) is 4.84 Å². The maximum Gasteiger partial charge on any atom is 0.293 e. The van der Waals surface area contributed by atoms with Crippen molar-refractivity contribution >= 4 is 30.5 Å². The first-order chi connectivity index (χ1) is 10.3. The summed E-state index contributed by atoms with van der Waals surface area (Å²) in [6.45, 7) is 6.85. The van der Waals surface area contributed by atoms with Gasteiger partial charge in [0.25, 0.3) is 7.41 Å². The Hall–Kier alpha value is -1.28. The van der Waals surface area contributed by atoms with Crippen LogP contribution in [0.3, 0.4) is 0 Å². The van der Waals surface area contributed by atoms with E-state index in [2.05, 4.69) is 30.0 Å². The first-order valence-corrected chi connectivity index (χ1v) is 7.82. The fraction of sp³-hybridized carbons (Fsp3) is 0.429. The molecule has 0 spiro atoms. The molecule has 2 heterocycles. The van der Waals surface area contributed by atoms with E-state index in [9.17, 15) is 4.79 Å². The molecule has 1 aromatic heterocycles. The number of hydrogen-bond acceptors (Lipinski definition) is 6. The van der Waals surface area contributed by atoms with Crippen molar-refractivity contribution < 1.29 is 9.63 Å². The largest absolute Gasteiger partial charge is 0.332 e. The smallest absolute Gasteiger partial charge is 0.293 e. The Bertz CT molecular complexity index is 492. The third kappa shape index (κ3) is 4.10. The van der Waals surface area contributed by atoms with Crippen LogP contribution in [0.15, 0.2) is 30.3 Å². The fourth-order valence-electron chi connectivity index (χ4n) is 2.48. The number of hydrogen-bond donors (Lipinski definition) is 1. The highest BCUT2D eigenvalue weighted by molar-refractivity contribution is 7.10. The normalized spacial score (nSPS) is 22.6. The van der Waals surface area contributed by atoms with E-state index in [1.54, 1.807) is 31.0 Å². The van der Waals surface area contributed by atoms with E-state index in [-0.39, 0.29) is 12.1 Å². The van der Waals surface area contributed by atoms with Gasteiger partial charge >= 0.3 is 0 Å².